The maximum Gasteiger partial charge on any atom is 0.410 e. The summed E-state index contributed by atoms with van der Waals surface area (Å²) in [5.41, 5.74) is 1.19. The summed E-state index contributed by atoms with van der Waals surface area (Å²) in [6, 6.07) is 8.86. The van der Waals surface area contributed by atoms with Gasteiger partial charge in [-0.1, -0.05) is 23.7 Å². The van der Waals surface area contributed by atoms with Crippen LogP contribution in [0.25, 0.3) is 0 Å². The number of fused-ring (bicyclic) bond motifs is 1. The fraction of sp³-hybridized carbons (Fsp3) is 0.381. The van der Waals surface area contributed by atoms with Crippen molar-refractivity contribution in [3.8, 4) is 11.6 Å². The predicted molar refractivity (Wildman–Crippen MR) is 117 cm³/mol. The van der Waals surface area contributed by atoms with E-state index in [-0.39, 0.29) is 35.6 Å². The molecule has 10 heteroatoms. The standard InChI is InChI=1S/C21H21BrClN3O5/c1-29-20-16(19(27)24-10-12-2-4-13(23)5-3-12)9-17(18(22)25-20)31-15-6-7-26-14(8-15)11-30-21(26)28/h2-5,9,14-15H,6-8,10-11H2,1H3,(H,24,27)/t14-,15-/m0/s1. The Labute approximate surface area is 192 Å². The van der Waals surface area contributed by atoms with Crippen LogP contribution in [0.5, 0.6) is 11.6 Å². The summed E-state index contributed by atoms with van der Waals surface area (Å²) in [5, 5.41) is 3.50. The second kappa shape index (κ2) is 9.32. The predicted octanol–water partition coefficient (Wildman–Crippen LogP) is 3.80. The Morgan fingerprint density at radius 1 is 1.39 bits per heavy atom. The number of hydrogen-bond donors (Lipinski definition) is 1. The first kappa shape index (κ1) is 21.7. The topological polar surface area (TPSA) is 90.0 Å². The Morgan fingerprint density at radius 2 is 2.16 bits per heavy atom. The molecule has 0 spiro atoms. The smallest absolute Gasteiger partial charge is 0.410 e. The minimum atomic E-state index is -0.332. The number of rotatable bonds is 6. The third-order valence-electron chi connectivity index (χ3n) is 5.31. The molecule has 8 nitrogen and oxygen atoms in total. The van der Waals surface area contributed by atoms with Crippen LogP contribution in [0.1, 0.15) is 28.8 Å². The van der Waals surface area contributed by atoms with E-state index < -0.39 is 0 Å². The molecule has 0 aliphatic carbocycles. The van der Waals surface area contributed by atoms with Gasteiger partial charge in [-0.05, 0) is 33.6 Å². The van der Waals surface area contributed by atoms with E-state index in [2.05, 4.69) is 26.2 Å². The molecule has 2 fully saturated rings. The molecular formula is C21H21BrClN3O5. The van der Waals surface area contributed by atoms with Gasteiger partial charge in [0.25, 0.3) is 5.91 Å². The Morgan fingerprint density at radius 3 is 2.90 bits per heavy atom. The second-order valence-electron chi connectivity index (χ2n) is 7.33. The first-order valence-corrected chi connectivity index (χ1v) is 11.0. The third-order valence-corrected chi connectivity index (χ3v) is 6.13. The van der Waals surface area contributed by atoms with Crippen molar-refractivity contribution in [3.63, 3.8) is 0 Å². The zero-order valence-electron chi connectivity index (χ0n) is 16.8. The number of halogens is 2. The zero-order chi connectivity index (χ0) is 22.0. The molecule has 1 N–H and O–H groups in total. The van der Waals surface area contributed by atoms with Crippen LogP contribution < -0.4 is 14.8 Å². The van der Waals surface area contributed by atoms with Gasteiger partial charge in [-0.25, -0.2) is 9.78 Å². The summed E-state index contributed by atoms with van der Waals surface area (Å²) in [4.78, 5) is 30.6. The Kier molecular flexibility index (Phi) is 6.52. The molecule has 2 atom stereocenters. The van der Waals surface area contributed by atoms with Crippen LogP contribution in [0.2, 0.25) is 5.02 Å². The molecule has 164 valence electrons. The number of hydrogen-bond acceptors (Lipinski definition) is 6. The van der Waals surface area contributed by atoms with E-state index in [1.165, 1.54) is 7.11 Å². The van der Waals surface area contributed by atoms with Crippen molar-refractivity contribution < 1.29 is 23.8 Å². The van der Waals surface area contributed by atoms with Crippen LogP contribution in [0.3, 0.4) is 0 Å². The number of cyclic esters (lactones) is 1. The Balaban J connectivity index is 1.46. The molecule has 31 heavy (non-hydrogen) atoms. The summed E-state index contributed by atoms with van der Waals surface area (Å²) < 4.78 is 17.0. The molecule has 2 amide bonds. The van der Waals surface area contributed by atoms with E-state index in [1.807, 2.05) is 12.1 Å². The molecule has 2 aliphatic heterocycles. The van der Waals surface area contributed by atoms with Gasteiger partial charge in [-0.15, -0.1) is 0 Å². The van der Waals surface area contributed by atoms with Crippen molar-refractivity contribution in [2.75, 3.05) is 20.3 Å². The lowest BCUT2D eigenvalue weighted by atomic mass is 10.0. The molecule has 0 saturated carbocycles. The highest BCUT2D eigenvalue weighted by atomic mass is 79.9. The van der Waals surface area contributed by atoms with Crippen molar-refractivity contribution in [2.24, 2.45) is 0 Å². The molecule has 2 saturated heterocycles. The van der Waals surface area contributed by atoms with E-state index in [0.29, 0.717) is 47.9 Å². The van der Waals surface area contributed by atoms with Gasteiger partial charge in [0.1, 0.15) is 18.3 Å². The van der Waals surface area contributed by atoms with Gasteiger partial charge in [0, 0.05) is 37.0 Å². The lowest BCUT2D eigenvalue weighted by Crippen LogP contribution is -2.44. The van der Waals surface area contributed by atoms with E-state index in [9.17, 15) is 9.59 Å². The minimum Gasteiger partial charge on any atom is -0.487 e. The first-order valence-electron chi connectivity index (χ1n) is 9.82. The number of methoxy groups -OCH3 is 1. The average Bonchev–Trinajstić information content (AvgIpc) is 3.14. The second-order valence-corrected chi connectivity index (χ2v) is 8.52. The largest absolute Gasteiger partial charge is 0.487 e. The SMILES string of the molecule is COc1nc(Br)c(O[C@H]2CCN3C(=O)OC[C@@H]3C2)cc1C(=O)NCc1ccc(Cl)cc1. The highest BCUT2D eigenvalue weighted by Crippen LogP contribution is 2.33. The third kappa shape index (κ3) is 4.88. The number of pyridine rings is 1. The van der Waals surface area contributed by atoms with Crippen LogP contribution in [0.15, 0.2) is 34.9 Å². The van der Waals surface area contributed by atoms with Crippen LogP contribution in [-0.4, -0.2) is 54.3 Å². The van der Waals surface area contributed by atoms with Gasteiger partial charge in [0.15, 0.2) is 10.4 Å². The van der Waals surface area contributed by atoms with Gasteiger partial charge in [-0.2, -0.15) is 0 Å². The number of carbonyl (C=O) groups excluding carboxylic acids is 2. The van der Waals surface area contributed by atoms with Crippen LogP contribution in [0.4, 0.5) is 4.79 Å². The molecule has 4 rings (SSSR count). The lowest BCUT2D eigenvalue weighted by molar-refractivity contribution is 0.0905. The number of nitrogens with one attached hydrogen (secondary N) is 1. The maximum absolute atomic E-state index is 12.8. The fourth-order valence-corrected chi connectivity index (χ4v) is 4.18. The van der Waals surface area contributed by atoms with Crippen molar-refractivity contribution in [3.05, 3.63) is 51.1 Å². The van der Waals surface area contributed by atoms with E-state index in [4.69, 9.17) is 25.8 Å². The minimum absolute atomic E-state index is 0.0124. The van der Waals surface area contributed by atoms with Gasteiger partial charge in [0.2, 0.25) is 5.88 Å². The van der Waals surface area contributed by atoms with E-state index in [1.54, 1.807) is 23.1 Å². The van der Waals surface area contributed by atoms with Gasteiger partial charge in [-0.3, -0.25) is 4.79 Å². The van der Waals surface area contributed by atoms with E-state index >= 15 is 0 Å². The number of carbonyl (C=O) groups is 2. The van der Waals surface area contributed by atoms with Crippen LogP contribution in [0, 0.1) is 0 Å². The fourth-order valence-electron chi connectivity index (χ4n) is 3.69. The van der Waals surface area contributed by atoms with Crippen molar-refractivity contribution in [1.29, 1.82) is 0 Å². The van der Waals surface area contributed by atoms with Crippen LogP contribution in [-0.2, 0) is 11.3 Å². The molecule has 1 aromatic heterocycles. The number of piperidine rings is 1. The molecule has 2 aromatic rings. The van der Waals surface area contributed by atoms with Crippen molar-refractivity contribution in [1.82, 2.24) is 15.2 Å². The van der Waals surface area contributed by atoms with Crippen molar-refractivity contribution in [2.45, 2.75) is 31.5 Å². The monoisotopic (exact) mass is 509 g/mol. The highest BCUT2D eigenvalue weighted by molar-refractivity contribution is 9.10. The number of benzene rings is 1. The number of amides is 2. The number of ether oxygens (including phenoxy) is 3. The molecular weight excluding hydrogens is 490 g/mol. The Bertz CT molecular complexity index is 988. The molecule has 0 unspecified atom stereocenters. The summed E-state index contributed by atoms with van der Waals surface area (Å²) in [5.74, 6) is 0.305. The van der Waals surface area contributed by atoms with Crippen LogP contribution >= 0.6 is 27.5 Å². The Hall–Kier alpha value is -2.52. The zero-order valence-corrected chi connectivity index (χ0v) is 19.1. The number of aromatic nitrogens is 1. The average molecular weight is 511 g/mol. The summed E-state index contributed by atoms with van der Waals surface area (Å²) in [6.07, 6.45) is 0.937. The highest BCUT2D eigenvalue weighted by Gasteiger charge is 2.39. The molecule has 3 heterocycles. The van der Waals surface area contributed by atoms with Gasteiger partial charge < -0.3 is 24.4 Å². The lowest BCUT2D eigenvalue weighted by Gasteiger charge is -2.32. The van der Waals surface area contributed by atoms with E-state index in [0.717, 1.165) is 5.56 Å². The maximum atomic E-state index is 12.8. The van der Waals surface area contributed by atoms with Gasteiger partial charge >= 0.3 is 6.09 Å². The normalized spacial score (nSPS) is 20.1. The summed E-state index contributed by atoms with van der Waals surface area (Å²) in [7, 11) is 1.46. The molecule has 0 bridgehead atoms. The molecule has 2 aliphatic rings. The molecule has 1 aromatic carbocycles. The van der Waals surface area contributed by atoms with Crippen molar-refractivity contribution >= 4 is 39.5 Å². The quantitative estimate of drug-likeness (QED) is 0.595. The molecule has 0 radical (unpaired) electrons. The number of nitrogens with zero attached hydrogens (tertiary/aromatic N) is 2. The van der Waals surface area contributed by atoms with Gasteiger partial charge in [0.05, 0.1) is 13.2 Å². The summed E-state index contributed by atoms with van der Waals surface area (Å²) in [6.45, 7) is 1.28. The first-order chi connectivity index (χ1) is 14.9. The summed E-state index contributed by atoms with van der Waals surface area (Å²) >= 11 is 9.30.